The highest BCUT2D eigenvalue weighted by atomic mass is 32.2. The van der Waals surface area contributed by atoms with Crippen LogP contribution in [0.2, 0.25) is 0 Å². The van der Waals surface area contributed by atoms with Crippen LogP contribution in [0, 0.1) is 0 Å². The molecule has 0 unspecified atom stereocenters. The predicted octanol–water partition coefficient (Wildman–Crippen LogP) is 2.10. The van der Waals surface area contributed by atoms with Crippen molar-refractivity contribution in [3.05, 3.63) is 29.8 Å². The standard InChI is InChI=1S/C11H14O3S/c1-13-8-15-10-5-3-9(4-6-10)7-11(12)14-2/h3-6H,7-8H2,1-2H3. The molecule has 1 aromatic carbocycles. The van der Waals surface area contributed by atoms with Gasteiger partial charge >= 0.3 is 5.97 Å². The minimum atomic E-state index is -0.215. The van der Waals surface area contributed by atoms with Gasteiger partial charge in [0.25, 0.3) is 0 Å². The normalized spacial score (nSPS) is 10.0. The van der Waals surface area contributed by atoms with Crippen LogP contribution in [0.15, 0.2) is 29.2 Å². The summed E-state index contributed by atoms with van der Waals surface area (Å²) in [5.41, 5.74) is 0.962. The molecule has 0 bridgehead atoms. The first-order valence-electron chi connectivity index (χ1n) is 4.53. The Morgan fingerprint density at radius 1 is 1.27 bits per heavy atom. The smallest absolute Gasteiger partial charge is 0.309 e. The molecule has 1 aromatic rings. The lowest BCUT2D eigenvalue weighted by Crippen LogP contribution is -2.03. The van der Waals surface area contributed by atoms with Gasteiger partial charge in [-0.15, -0.1) is 0 Å². The van der Waals surface area contributed by atoms with Crippen LogP contribution in [0.3, 0.4) is 0 Å². The average Bonchev–Trinajstić information content (AvgIpc) is 2.28. The summed E-state index contributed by atoms with van der Waals surface area (Å²) in [7, 11) is 3.06. The molecule has 0 aliphatic heterocycles. The van der Waals surface area contributed by atoms with E-state index in [1.807, 2.05) is 24.3 Å². The van der Waals surface area contributed by atoms with E-state index < -0.39 is 0 Å². The van der Waals surface area contributed by atoms with E-state index in [1.165, 1.54) is 7.11 Å². The van der Waals surface area contributed by atoms with E-state index in [-0.39, 0.29) is 5.97 Å². The topological polar surface area (TPSA) is 35.5 Å². The van der Waals surface area contributed by atoms with Crippen LogP contribution in [0.25, 0.3) is 0 Å². The Morgan fingerprint density at radius 3 is 2.47 bits per heavy atom. The molecule has 1 rings (SSSR count). The molecule has 0 amide bonds. The monoisotopic (exact) mass is 226 g/mol. The van der Waals surface area contributed by atoms with Crippen LogP contribution in [-0.2, 0) is 20.7 Å². The molecule has 0 heterocycles. The van der Waals surface area contributed by atoms with Crippen LogP contribution < -0.4 is 0 Å². The molecule has 0 aliphatic rings. The number of rotatable bonds is 5. The fourth-order valence-corrected chi connectivity index (χ4v) is 1.65. The van der Waals surface area contributed by atoms with Crippen molar-refractivity contribution in [1.29, 1.82) is 0 Å². The Kier molecular flexibility index (Phi) is 5.21. The van der Waals surface area contributed by atoms with Gasteiger partial charge < -0.3 is 9.47 Å². The number of hydrogen-bond donors (Lipinski definition) is 0. The van der Waals surface area contributed by atoms with Crippen molar-refractivity contribution in [3.63, 3.8) is 0 Å². The Bertz CT molecular complexity index is 308. The fourth-order valence-electron chi connectivity index (χ4n) is 1.07. The molecule has 0 aliphatic carbocycles. The van der Waals surface area contributed by atoms with Crippen LogP contribution >= 0.6 is 11.8 Å². The number of thioether (sulfide) groups is 1. The summed E-state index contributed by atoms with van der Waals surface area (Å²) in [5, 5.41) is 0. The van der Waals surface area contributed by atoms with E-state index >= 15 is 0 Å². The van der Waals surface area contributed by atoms with Gasteiger partial charge in [0.2, 0.25) is 0 Å². The minimum absolute atomic E-state index is 0.215. The maximum Gasteiger partial charge on any atom is 0.309 e. The molecule has 0 saturated carbocycles. The maximum absolute atomic E-state index is 11.0. The molecule has 0 fully saturated rings. The lowest BCUT2D eigenvalue weighted by Gasteiger charge is -2.02. The van der Waals surface area contributed by atoms with E-state index in [2.05, 4.69) is 4.74 Å². The second kappa shape index (κ2) is 6.48. The van der Waals surface area contributed by atoms with Gasteiger partial charge in [-0.25, -0.2) is 0 Å². The molecule has 0 aromatic heterocycles. The Labute approximate surface area is 93.8 Å². The number of ether oxygens (including phenoxy) is 2. The maximum atomic E-state index is 11.0. The largest absolute Gasteiger partial charge is 0.469 e. The van der Waals surface area contributed by atoms with E-state index in [0.29, 0.717) is 12.4 Å². The SMILES string of the molecule is COCSc1ccc(CC(=O)OC)cc1. The summed E-state index contributed by atoms with van der Waals surface area (Å²) in [6.07, 6.45) is 0.325. The summed E-state index contributed by atoms with van der Waals surface area (Å²) in [5.74, 6) is 0.420. The van der Waals surface area contributed by atoms with Gasteiger partial charge in [-0.1, -0.05) is 23.9 Å². The summed E-state index contributed by atoms with van der Waals surface area (Å²) in [6.45, 7) is 0. The molecule has 0 saturated heterocycles. The third kappa shape index (κ3) is 4.36. The zero-order valence-electron chi connectivity index (χ0n) is 8.86. The summed E-state index contributed by atoms with van der Waals surface area (Å²) in [4.78, 5) is 12.1. The molecule has 4 heteroatoms. The van der Waals surface area contributed by atoms with E-state index in [4.69, 9.17) is 4.74 Å². The predicted molar refractivity (Wildman–Crippen MR) is 59.9 cm³/mol. The molecular formula is C11H14O3S. The number of hydrogen-bond acceptors (Lipinski definition) is 4. The van der Waals surface area contributed by atoms with Gasteiger partial charge in [0.1, 0.15) is 0 Å². The van der Waals surface area contributed by atoms with Crippen LogP contribution in [0.5, 0.6) is 0 Å². The van der Waals surface area contributed by atoms with Crippen LogP contribution in [0.1, 0.15) is 5.56 Å². The third-order valence-corrected chi connectivity index (χ3v) is 2.80. The Balaban J connectivity index is 2.52. The molecular weight excluding hydrogens is 212 g/mol. The molecule has 15 heavy (non-hydrogen) atoms. The summed E-state index contributed by atoms with van der Waals surface area (Å²) < 4.78 is 9.53. The zero-order valence-corrected chi connectivity index (χ0v) is 9.67. The Morgan fingerprint density at radius 2 is 1.93 bits per heavy atom. The summed E-state index contributed by atoms with van der Waals surface area (Å²) >= 11 is 1.62. The lowest BCUT2D eigenvalue weighted by atomic mass is 10.2. The van der Waals surface area contributed by atoms with Gasteiger partial charge in [-0.05, 0) is 17.7 Å². The second-order valence-corrected chi connectivity index (χ2v) is 3.94. The van der Waals surface area contributed by atoms with Gasteiger partial charge in [0.15, 0.2) is 0 Å². The lowest BCUT2D eigenvalue weighted by molar-refractivity contribution is -0.139. The number of methoxy groups -OCH3 is 2. The number of carbonyl (C=O) groups excluding carboxylic acids is 1. The molecule has 0 N–H and O–H groups in total. The van der Waals surface area contributed by atoms with E-state index in [0.717, 1.165) is 10.5 Å². The van der Waals surface area contributed by atoms with Crippen molar-refractivity contribution < 1.29 is 14.3 Å². The van der Waals surface area contributed by atoms with Gasteiger partial charge in [-0.2, -0.15) is 0 Å². The minimum Gasteiger partial charge on any atom is -0.469 e. The summed E-state index contributed by atoms with van der Waals surface area (Å²) in [6, 6.07) is 7.80. The highest BCUT2D eigenvalue weighted by Crippen LogP contribution is 2.18. The van der Waals surface area contributed by atoms with Gasteiger partial charge in [-0.3, -0.25) is 4.79 Å². The molecule has 0 atom stereocenters. The second-order valence-electron chi connectivity index (χ2n) is 2.95. The first kappa shape index (κ1) is 12.1. The Hall–Kier alpha value is -1.00. The molecule has 3 nitrogen and oxygen atoms in total. The van der Waals surface area contributed by atoms with Gasteiger partial charge in [0.05, 0.1) is 19.5 Å². The van der Waals surface area contributed by atoms with Crippen LogP contribution in [-0.4, -0.2) is 26.1 Å². The highest BCUT2D eigenvalue weighted by molar-refractivity contribution is 7.99. The van der Waals surface area contributed by atoms with Crippen molar-refractivity contribution in [2.45, 2.75) is 11.3 Å². The highest BCUT2D eigenvalue weighted by Gasteiger charge is 2.02. The average molecular weight is 226 g/mol. The molecule has 0 radical (unpaired) electrons. The van der Waals surface area contributed by atoms with Crippen molar-refractivity contribution >= 4 is 17.7 Å². The number of benzene rings is 1. The quantitative estimate of drug-likeness (QED) is 0.437. The first-order chi connectivity index (χ1) is 7.26. The van der Waals surface area contributed by atoms with Crippen molar-refractivity contribution in [2.24, 2.45) is 0 Å². The van der Waals surface area contributed by atoms with Gasteiger partial charge in [0, 0.05) is 12.0 Å². The van der Waals surface area contributed by atoms with Crippen molar-refractivity contribution in [3.8, 4) is 0 Å². The van der Waals surface area contributed by atoms with Crippen LogP contribution in [0.4, 0.5) is 0 Å². The number of esters is 1. The zero-order chi connectivity index (χ0) is 11.1. The number of carbonyl (C=O) groups is 1. The first-order valence-corrected chi connectivity index (χ1v) is 5.52. The fraction of sp³-hybridized carbons (Fsp3) is 0.364. The van der Waals surface area contributed by atoms with Crippen molar-refractivity contribution in [2.75, 3.05) is 20.2 Å². The van der Waals surface area contributed by atoms with E-state index in [9.17, 15) is 4.79 Å². The van der Waals surface area contributed by atoms with E-state index in [1.54, 1.807) is 18.9 Å². The third-order valence-electron chi connectivity index (χ3n) is 1.84. The molecule has 82 valence electrons. The van der Waals surface area contributed by atoms with Crippen molar-refractivity contribution in [1.82, 2.24) is 0 Å². The molecule has 0 spiro atoms.